The first-order valence-corrected chi connectivity index (χ1v) is 9.79. The molecule has 3 saturated heterocycles. The van der Waals surface area contributed by atoms with Crippen LogP contribution in [0.2, 0.25) is 0 Å². The minimum Gasteiger partial charge on any atom is -0.371 e. The Morgan fingerprint density at radius 1 is 0.964 bits per heavy atom. The third kappa shape index (κ3) is 2.55. The van der Waals surface area contributed by atoms with Gasteiger partial charge >= 0.3 is 0 Å². The van der Waals surface area contributed by atoms with E-state index in [4.69, 9.17) is 0 Å². The number of rotatable bonds is 2. The lowest BCUT2D eigenvalue weighted by molar-refractivity contribution is -0.136. The molecule has 0 bridgehead atoms. The van der Waals surface area contributed by atoms with Gasteiger partial charge in [-0.05, 0) is 42.9 Å². The van der Waals surface area contributed by atoms with Crippen LogP contribution in [-0.2, 0) is 9.59 Å². The summed E-state index contributed by atoms with van der Waals surface area (Å²) in [5.74, 6) is -1.86. The monoisotopic (exact) mass is 382 g/mol. The van der Waals surface area contributed by atoms with Crippen molar-refractivity contribution in [2.75, 3.05) is 31.1 Å². The van der Waals surface area contributed by atoms with Crippen molar-refractivity contribution in [3.63, 3.8) is 0 Å². The van der Waals surface area contributed by atoms with E-state index in [1.54, 1.807) is 12.1 Å². The molecule has 4 aliphatic rings. The van der Waals surface area contributed by atoms with Gasteiger partial charge in [0.05, 0.1) is 11.1 Å². The second-order valence-corrected chi connectivity index (χ2v) is 8.27. The van der Waals surface area contributed by atoms with E-state index >= 15 is 0 Å². The van der Waals surface area contributed by atoms with Crippen LogP contribution in [0, 0.1) is 5.41 Å². The van der Waals surface area contributed by atoms with E-state index in [0.717, 1.165) is 49.6 Å². The highest BCUT2D eigenvalue weighted by Crippen LogP contribution is 2.37. The molecule has 0 aromatic heterocycles. The van der Waals surface area contributed by atoms with Gasteiger partial charge in [0.15, 0.2) is 0 Å². The first-order chi connectivity index (χ1) is 13.5. The molecule has 0 saturated carbocycles. The number of fused-ring (bicyclic) bond motifs is 1. The molecule has 1 spiro atoms. The number of piperidine rings is 2. The van der Waals surface area contributed by atoms with Crippen molar-refractivity contribution in [3.05, 3.63) is 29.3 Å². The zero-order valence-electron chi connectivity index (χ0n) is 15.5. The summed E-state index contributed by atoms with van der Waals surface area (Å²) in [6.07, 6.45) is 2.53. The van der Waals surface area contributed by atoms with Crippen LogP contribution < -0.4 is 15.5 Å². The van der Waals surface area contributed by atoms with E-state index in [0.29, 0.717) is 16.5 Å². The van der Waals surface area contributed by atoms with Crippen molar-refractivity contribution in [1.82, 2.24) is 15.5 Å². The van der Waals surface area contributed by atoms with Crippen LogP contribution in [0.3, 0.4) is 0 Å². The van der Waals surface area contributed by atoms with Crippen LogP contribution >= 0.6 is 0 Å². The Bertz CT molecular complexity index is 897. The molecular formula is C20H22N4O4. The van der Waals surface area contributed by atoms with Crippen LogP contribution in [0.4, 0.5) is 5.69 Å². The van der Waals surface area contributed by atoms with Gasteiger partial charge in [0.1, 0.15) is 6.04 Å². The molecule has 4 aliphatic heterocycles. The molecule has 1 aromatic rings. The number of hydrogen-bond acceptors (Lipinski definition) is 6. The SMILES string of the molecule is O=C1CCC(N2C(=O)c3ccc(N4CCC5(CC4)CNC5)cc3C2=O)C(=O)N1. The number of amides is 4. The van der Waals surface area contributed by atoms with Crippen LogP contribution in [0.1, 0.15) is 46.4 Å². The Morgan fingerprint density at radius 2 is 1.68 bits per heavy atom. The van der Waals surface area contributed by atoms with Gasteiger partial charge in [0, 0.05) is 38.3 Å². The smallest absolute Gasteiger partial charge is 0.262 e. The first kappa shape index (κ1) is 17.4. The number of carbonyl (C=O) groups is 4. The van der Waals surface area contributed by atoms with Crippen molar-refractivity contribution < 1.29 is 19.2 Å². The molecule has 0 aliphatic carbocycles. The fourth-order valence-corrected chi connectivity index (χ4v) is 4.73. The lowest BCUT2D eigenvalue weighted by atomic mass is 9.73. The minimum atomic E-state index is -0.922. The molecule has 8 nitrogen and oxygen atoms in total. The predicted molar refractivity (Wildman–Crippen MR) is 99.9 cm³/mol. The number of hydrogen-bond donors (Lipinski definition) is 2. The van der Waals surface area contributed by atoms with Crippen LogP contribution in [0.5, 0.6) is 0 Å². The standard InChI is InChI=1S/C20H22N4O4/c25-16-4-3-15(17(26)22-16)24-18(27)13-2-1-12(9-14(13)19(24)28)23-7-5-20(6-8-23)10-21-11-20/h1-2,9,15,21H,3-8,10-11H2,(H,22,25,26). The van der Waals surface area contributed by atoms with Gasteiger partial charge in [-0.25, -0.2) is 0 Å². The zero-order chi connectivity index (χ0) is 19.5. The Kier molecular flexibility index (Phi) is 3.80. The molecule has 1 atom stereocenters. The summed E-state index contributed by atoms with van der Waals surface area (Å²) in [6.45, 7) is 4.02. The first-order valence-electron chi connectivity index (χ1n) is 9.79. The maximum atomic E-state index is 12.9. The second-order valence-electron chi connectivity index (χ2n) is 8.27. The summed E-state index contributed by atoms with van der Waals surface area (Å²) in [6, 6.07) is 4.43. The number of carbonyl (C=O) groups excluding carboxylic acids is 4. The normalized spacial score (nSPS) is 26.4. The molecule has 5 rings (SSSR count). The lowest BCUT2D eigenvalue weighted by Gasteiger charge is -2.49. The number of anilines is 1. The predicted octanol–water partition coefficient (Wildman–Crippen LogP) is 0.278. The number of nitrogens with zero attached hydrogens (tertiary/aromatic N) is 2. The summed E-state index contributed by atoms with van der Waals surface area (Å²) in [7, 11) is 0. The molecular weight excluding hydrogens is 360 g/mol. The van der Waals surface area contributed by atoms with Crippen molar-refractivity contribution >= 4 is 29.3 Å². The highest BCUT2D eigenvalue weighted by molar-refractivity contribution is 6.23. The van der Waals surface area contributed by atoms with Crippen molar-refractivity contribution in [2.24, 2.45) is 5.41 Å². The molecule has 1 unspecified atom stereocenters. The third-order valence-electron chi connectivity index (χ3n) is 6.61. The highest BCUT2D eigenvalue weighted by Gasteiger charge is 2.45. The van der Waals surface area contributed by atoms with Gasteiger partial charge in [-0.3, -0.25) is 29.4 Å². The quantitative estimate of drug-likeness (QED) is 0.713. The molecule has 1 aromatic carbocycles. The van der Waals surface area contributed by atoms with Gasteiger partial charge in [0.25, 0.3) is 11.8 Å². The van der Waals surface area contributed by atoms with Crippen LogP contribution in [0.15, 0.2) is 18.2 Å². The van der Waals surface area contributed by atoms with Gasteiger partial charge in [-0.1, -0.05) is 0 Å². The second kappa shape index (κ2) is 6.13. The molecule has 146 valence electrons. The Hall–Kier alpha value is -2.74. The van der Waals surface area contributed by atoms with Crippen molar-refractivity contribution in [2.45, 2.75) is 31.7 Å². The van der Waals surface area contributed by atoms with E-state index in [9.17, 15) is 19.2 Å². The summed E-state index contributed by atoms with van der Waals surface area (Å²) in [4.78, 5) is 52.5. The summed E-state index contributed by atoms with van der Waals surface area (Å²) in [5.41, 5.74) is 2.04. The van der Waals surface area contributed by atoms with Gasteiger partial charge in [0.2, 0.25) is 11.8 Å². The molecule has 2 N–H and O–H groups in total. The van der Waals surface area contributed by atoms with Crippen molar-refractivity contribution in [3.8, 4) is 0 Å². The van der Waals surface area contributed by atoms with E-state index in [2.05, 4.69) is 15.5 Å². The number of imide groups is 2. The minimum absolute atomic E-state index is 0.124. The Morgan fingerprint density at radius 3 is 2.32 bits per heavy atom. The topological polar surface area (TPSA) is 98.8 Å². The fraction of sp³-hybridized carbons (Fsp3) is 0.500. The Labute approximate surface area is 162 Å². The van der Waals surface area contributed by atoms with Crippen molar-refractivity contribution in [1.29, 1.82) is 0 Å². The Balaban J connectivity index is 1.37. The largest absolute Gasteiger partial charge is 0.371 e. The summed E-state index contributed by atoms with van der Waals surface area (Å²) in [5, 5.41) is 5.57. The van der Waals surface area contributed by atoms with Gasteiger partial charge in [-0.15, -0.1) is 0 Å². The summed E-state index contributed by atoms with van der Waals surface area (Å²) < 4.78 is 0. The molecule has 8 heteroatoms. The highest BCUT2D eigenvalue weighted by atomic mass is 16.2. The third-order valence-corrected chi connectivity index (χ3v) is 6.61. The van der Waals surface area contributed by atoms with E-state index in [-0.39, 0.29) is 18.7 Å². The summed E-state index contributed by atoms with van der Waals surface area (Å²) >= 11 is 0. The van der Waals surface area contributed by atoms with Gasteiger partial charge < -0.3 is 10.2 Å². The molecule has 4 heterocycles. The average molecular weight is 382 g/mol. The average Bonchev–Trinajstić information content (AvgIpc) is 2.91. The van der Waals surface area contributed by atoms with Gasteiger partial charge in [-0.2, -0.15) is 0 Å². The molecule has 0 radical (unpaired) electrons. The molecule has 4 amide bonds. The fourth-order valence-electron chi connectivity index (χ4n) is 4.73. The van der Waals surface area contributed by atoms with E-state index in [1.807, 2.05) is 6.07 Å². The number of benzene rings is 1. The maximum Gasteiger partial charge on any atom is 0.262 e. The molecule has 28 heavy (non-hydrogen) atoms. The van der Waals surface area contributed by atoms with E-state index < -0.39 is 23.8 Å². The van der Waals surface area contributed by atoms with E-state index in [1.165, 1.54) is 0 Å². The van der Waals surface area contributed by atoms with Crippen LogP contribution in [-0.4, -0.2) is 60.7 Å². The number of nitrogens with one attached hydrogen (secondary N) is 2. The lowest BCUT2D eigenvalue weighted by Crippen LogP contribution is -2.58. The van der Waals surface area contributed by atoms with Crippen LogP contribution in [0.25, 0.3) is 0 Å². The zero-order valence-corrected chi connectivity index (χ0v) is 15.5. The molecule has 3 fully saturated rings. The maximum absolute atomic E-state index is 12.9.